The molecule has 1 nitrogen and oxygen atoms in total. The Morgan fingerprint density at radius 3 is 1.48 bits per heavy atom. The van der Waals surface area contributed by atoms with Crippen LogP contribution in [-0.4, -0.2) is 5.11 Å². The number of aliphatic hydroxyl groups is 1. The van der Waals surface area contributed by atoms with Crippen LogP contribution in [0.1, 0.15) is 92.4 Å². The lowest BCUT2D eigenvalue weighted by Crippen LogP contribution is -2.02. The van der Waals surface area contributed by atoms with E-state index in [2.05, 4.69) is 41.2 Å². The fourth-order valence-electron chi connectivity index (χ4n) is 2.92. The maximum absolute atomic E-state index is 9.30. The van der Waals surface area contributed by atoms with Crippen molar-refractivity contribution in [3.63, 3.8) is 0 Å². The van der Waals surface area contributed by atoms with E-state index in [0.29, 0.717) is 5.76 Å². The van der Waals surface area contributed by atoms with Gasteiger partial charge in [0.1, 0.15) is 0 Å². The van der Waals surface area contributed by atoms with Crippen molar-refractivity contribution in [2.24, 2.45) is 23.7 Å². The minimum absolute atomic E-state index is 0.262. The summed E-state index contributed by atoms with van der Waals surface area (Å²) in [4.78, 5) is 0. The summed E-state index contributed by atoms with van der Waals surface area (Å²) in [6, 6.07) is 0. The van der Waals surface area contributed by atoms with Gasteiger partial charge in [-0.1, -0.05) is 92.6 Å². The van der Waals surface area contributed by atoms with Crippen molar-refractivity contribution in [3.8, 4) is 0 Å². The van der Waals surface area contributed by atoms with Gasteiger partial charge in [0, 0.05) is 5.92 Å². The van der Waals surface area contributed by atoms with Crippen LogP contribution >= 0.6 is 0 Å². The van der Waals surface area contributed by atoms with E-state index in [1.165, 1.54) is 51.4 Å². The summed E-state index contributed by atoms with van der Waals surface area (Å²) in [6.07, 6.45) is 11.9. The molecule has 3 unspecified atom stereocenters. The van der Waals surface area contributed by atoms with Crippen molar-refractivity contribution in [2.45, 2.75) is 92.4 Å². The zero-order valence-electron chi connectivity index (χ0n) is 15.3. The van der Waals surface area contributed by atoms with Gasteiger partial charge in [0.05, 0.1) is 5.76 Å². The van der Waals surface area contributed by atoms with Crippen LogP contribution in [0.25, 0.3) is 0 Å². The first kappa shape index (κ1) is 20.5. The lowest BCUT2D eigenvalue weighted by atomic mass is 9.91. The molecule has 0 radical (unpaired) electrons. The van der Waals surface area contributed by atoms with Crippen molar-refractivity contribution in [1.29, 1.82) is 0 Å². The summed E-state index contributed by atoms with van der Waals surface area (Å²) >= 11 is 0. The third kappa shape index (κ3) is 13.0. The Labute approximate surface area is 134 Å². The van der Waals surface area contributed by atoms with Gasteiger partial charge in [0.25, 0.3) is 0 Å². The Morgan fingerprint density at radius 2 is 1.10 bits per heavy atom. The van der Waals surface area contributed by atoms with Gasteiger partial charge in [-0.15, -0.1) is 0 Å². The number of rotatable bonds is 13. The topological polar surface area (TPSA) is 20.2 Å². The minimum atomic E-state index is 0.262. The fraction of sp³-hybridized carbons (Fsp3) is 0.900. The third-order valence-electron chi connectivity index (χ3n) is 4.78. The van der Waals surface area contributed by atoms with E-state index < -0.39 is 0 Å². The van der Waals surface area contributed by atoms with E-state index in [-0.39, 0.29) is 5.92 Å². The first-order chi connectivity index (χ1) is 9.82. The lowest BCUT2D eigenvalue weighted by Gasteiger charge is -2.16. The molecule has 126 valence electrons. The van der Waals surface area contributed by atoms with Crippen molar-refractivity contribution >= 4 is 0 Å². The van der Waals surface area contributed by atoms with Crippen LogP contribution in [-0.2, 0) is 0 Å². The minimum Gasteiger partial charge on any atom is -0.513 e. The molecule has 1 N–H and O–H groups in total. The molecule has 0 aromatic rings. The summed E-state index contributed by atoms with van der Waals surface area (Å²) in [5.74, 6) is 3.19. The summed E-state index contributed by atoms with van der Waals surface area (Å²) < 4.78 is 0. The maximum atomic E-state index is 9.30. The van der Waals surface area contributed by atoms with Crippen molar-refractivity contribution in [3.05, 3.63) is 12.3 Å². The van der Waals surface area contributed by atoms with Gasteiger partial charge < -0.3 is 5.11 Å². The zero-order chi connectivity index (χ0) is 16.3. The van der Waals surface area contributed by atoms with Crippen molar-refractivity contribution < 1.29 is 5.11 Å². The first-order valence-electron chi connectivity index (χ1n) is 9.20. The lowest BCUT2D eigenvalue weighted by molar-refractivity contribution is 0.320. The maximum Gasteiger partial charge on any atom is 0.0879 e. The average molecular weight is 297 g/mol. The Hall–Kier alpha value is -0.460. The molecule has 0 saturated carbocycles. The second-order valence-corrected chi connectivity index (χ2v) is 7.79. The largest absolute Gasteiger partial charge is 0.513 e. The monoisotopic (exact) mass is 296 g/mol. The SMILES string of the molecule is C=C(O)C(C)CCCC(C)CCCC(C)CCCC(C)C. The molecule has 0 saturated heterocycles. The van der Waals surface area contributed by atoms with Gasteiger partial charge in [-0.05, 0) is 24.2 Å². The molecule has 3 atom stereocenters. The molecule has 21 heavy (non-hydrogen) atoms. The normalized spacial score (nSPS) is 15.9. The van der Waals surface area contributed by atoms with Gasteiger partial charge in [0.2, 0.25) is 0 Å². The Balaban J connectivity index is 3.52. The highest BCUT2D eigenvalue weighted by Gasteiger charge is 2.08. The van der Waals surface area contributed by atoms with Gasteiger partial charge in [-0.3, -0.25) is 0 Å². The summed E-state index contributed by atoms with van der Waals surface area (Å²) in [5, 5.41) is 9.30. The summed E-state index contributed by atoms with van der Waals surface area (Å²) in [5.41, 5.74) is 0. The predicted octanol–water partition coefficient (Wildman–Crippen LogP) is 7.13. The van der Waals surface area contributed by atoms with Crippen LogP contribution in [0.4, 0.5) is 0 Å². The second-order valence-electron chi connectivity index (χ2n) is 7.79. The van der Waals surface area contributed by atoms with Crippen LogP contribution in [0.15, 0.2) is 12.3 Å². The van der Waals surface area contributed by atoms with Crippen molar-refractivity contribution in [1.82, 2.24) is 0 Å². The van der Waals surface area contributed by atoms with E-state index in [9.17, 15) is 5.11 Å². The van der Waals surface area contributed by atoms with Gasteiger partial charge in [0.15, 0.2) is 0 Å². The molecule has 0 aromatic carbocycles. The predicted molar refractivity (Wildman–Crippen MR) is 95.7 cm³/mol. The molecule has 0 rings (SSSR count). The van der Waals surface area contributed by atoms with Crippen molar-refractivity contribution in [2.75, 3.05) is 0 Å². The number of allylic oxidation sites excluding steroid dienone is 1. The first-order valence-corrected chi connectivity index (χ1v) is 9.20. The molecule has 1 heteroatoms. The number of hydrogen-bond acceptors (Lipinski definition) is 1. The average Bonchev–Trinajstić information content (AvgIpc) is 2.37. The number of hydrogen-bond donors (Lipinski definition) is 1. The molecule has 0 heterocycles. The summed E-state index contributed by atoms with van der Waals surface area (Å²) in [7, 11) is 0. The molecule has 0 bridgehead atoms. The highest BCUT2D eigenvalue weighted by Crippen LogP contribution is 2.22. The van der Waals surface area contributed by atoms with Crippen LogP contribution in [0, 0.1) is 23.7 Å². The Morgan fingerprint density at radius 1 is 0.714 bits per heavy atom. The highest BCUT2D eigenvalue weighted by molar-refractivity contribution is 4.85. The molecule has 0 aliphatic carbocycles. The standard InChI is InChI=1S/C20H40O/c1-16(2)10-7-11-17(3)12-8-13-18(4)14-9-15-19(5)20(6)21/h16-19,21H,6-15H2,1-5H3. The molecule has 0 aliphatic rings. The molecule has 0 aromatic heterocycles. The smallest absolute Gasteiger partial charge is 0.0879 e. The van der Waals surface area contributed by atoms with E-state index in [4.69, 9.17) is 0 Å². The van der Waals surface area contributed by atoms with Crippen LogP contribution in [0.3, 0.4) is 0 Å². The highest BCUT2D eigenvalue weighted by atomic mass is 16.3. The zero-order valence-corrected chi connectivity index (χ0v) is 15.3. The van der Waals surface area contributed by atoms with E-state index in [1.807, 2.05) is 0 Å². The Kier molecular flexibility index (Phi) is 11.9. The Bertz CT molecular complexity index is 257. The summed E-state index contributed by atoms with van der Waals surface area (Å²) in [6.45, 7) is 15.1. The third-order valence-corrected chi connectivity index (χ3v) is 4.78. The fourth-order valence-corrected chi connectivity index (χ4v) is 2.92. The quantitative estimate of drug-likeness (QED) is 0.358. The molecular weight excluding hydrogens is 256 g/mol. The van der Waals surface area contributed by atoms with Crippen LogP contribution < -0.4 is 0 Å². The van der Waals surface area contributed by atoms with Gasteiger partial charge in [-0.25, -0.2) is 0 Å². The van der Waals surface area contributed by atoms with E-state index >= 15 is 0 Å². The molecule has 0 spiro atoms. The molecule has 0 fully saturated rings. The second kappa shape index (κ2) is 12.1. The van der Waals surface area contributed by atoms with Crippen LogP contribution in [0.2, 0.25) is 0 Å². The molecule has 0 amide bonds. The van der Waals surface area contributed by atoms with Crippen LogP contribution in [0.5, 0.6) is 0 Å². The van der Waals surface area contributed by atoms with Gasteiger partial charge in [-0.2, -0.15) is 0 Å². The molecular formula is C20H40O. The molecule has 0 aliphatic heterocycles. The van der Waals surface area contributed by atoms with Gasteiger partial charge >= 0.3 is 0 Å². The van der Waals surface area contributed by atoms with E-state index in [0.717, 1.165) is 24.2 Å². The van der Waals surface area contributed by atoms with E-state index in [1.54, 1.807) is 0 Å². The number of aliphatic hydroxyl groups excluding tert-OH is 1.